The predicted octanol–water partition coefficient (Wildman–Crippen LogP) is 2.94. The van der Waals surface area contributed by atoms with Gasteiger partial charge in [-0.05, 0) is 37.0 Å². The van der Waals surface area contributed by atoms with Crippen molar-refractivity contribution in [3.8, 4) is 0 Å². The molecule has 0 aliphatic heterocycles. The van der Waals surface area contributed by atoms with Crippen LogP contribution in [0.15, 0.2) is 24.3 Å². The fraction of sp³-hybridized carbons (Fsp3) is 0.455. The maximum Gasteiger partial charge on any atom is 0.264 e. The Bertz CT molecular complexity index is 411. The fourth-order valence-corrected chi connectivity index (χ4v) is 2.14. The maximum absolute atomic E-state index is 10.4. The van der Waals surface area contributed by atoms with E-state index in [0.717, 1.165) is 24.3 Å². The molecule has 90 valence electrons. The van der Waals surface area contributed by atoms with Gasteiger partial charge in [-0.3, -0.25) is 4.55 Å². The van der Waals surface area contributed by atoms with E-state index in [0.29, 0.717) is 6.42 Å². The van der Waals surface area contributed by atoms with Crippen molar-refractivity contribution in [1.82, 2.24) is 0 Å². The minimum absolute atomic E-state index is 0.145. The van der Waals surface area contributed by atoms with Gasteiger partial charge in [-0.1, -0.05) is 30.2 Å². The number of rotatable bonds is 6. The van der Waals surface area contributed by atoms with E-state index in [1.54, 1.807) is 0 Å². The number of benzene rings is 1. The second kappa shape index (κ2) is 6.23. The van der Waals surface area contributed by atoms with E-state index >= 15 is 0 Å². The third-order valence-corrected chi connectivity index (χ3v) is 3.34. The molecule has 0 radical (unpaired) electrons. The van der Waals surface area contributed by atoms with E-state index in [2.05, 4.69) is 0 Å². The molecule has 16 heavy (non-hydrogen) atoms. The normalized spacial score (nSPS) is 11.6. The van der Waals surface area contributed by atoms with Crippen LogP contribution in [0.3, 0.4) is 0 Å². The first-order valence-electron chi connectivity index (χ1n) is 5.17. The monoisotopic (exact) mass is 262 g/mol. The Morgan fingerprint density at radius 3 is 2.25 bits per heavy atom. The van der Waals surface area contributed by atoms with Crippen LogP contribution in [-0.2, 0) is 16.5 Å². The van der Waals surface area contributed by atoms with Gasteiger partial charge in [0, 0.05) is 5.02 Å². The molecule has 0 saturated heterocycles. The van der Waals surface area contributed by atoms with E-state index in [1.807, 2.05) is 24.3 Å². The molecule has 1 aromatic rings. The predicted molar refractivity (Wildman–Crippen MR) is 65.4 cm³/mol. The molecule has 3 nitrogen and oxygen atoms in total. The lowest BCUT2D eigenvalue weighted by molar-refractivity contribution is 0.479. The Labute approximate surface area is 101 Å². The van der Waals surface area contributed by atoms with Gasteiger partial charge in [0.1, 0.15) is 0 Å². The molecule has 0 amide bonds. The molecular weight excluding hydrogens is 248 g/mol. The first-order chi connectivity index (χ1) is 7.47. The zero-order valence-corrected chi connectivity index (χ0v) is 10.5. The maximum atomic E-state index is 10.4. The summed E-state index contributed by atoms with van der Waals surface area (Å²) in [7, 11) is -3.79. The van der Waals surface area contributed by atoms with Gasteiger partial charge in [0.25, 0.3) is 10.1 Å². The van der Waals surface area contributed by atoms with Gasteiger partial charge in [0.2, 0.25) is 0 Å². The van der Waals surface area contributed by atoms with E-state index in [-0.39, 0.29) is 5.75 Å². The van der Waals surface area contributed by atoms with Crippen LogP contribution in [0.1, 0.15) is 24.8 Å². The molecule has 0 aliphatic rings. The zero-order valence-electron chi connectivity index (χ0n) is 8.89. The second-order valence-electron chi connectivity index (χ2n) is 3.72. The average molecular weight is 263 g/mol. The fourth-order valence-electron chi connectivity index (χ4n) is 1.44. The molecule has 5 heteroatoms. The molecule has 0 bridgehead atoms. The van der Waals surface area contributed by atoms with Gasteiger partial charge in [0.15, 0.2) is 0 Å². The van der Waals surface area contributed by atoms with Gasteiger partial charge in [0.05, 0.1) is 5.75 Å². The van der Waals surface area contributed by atoms with Gasteiger partial charge in [-0.25, -0.2) is 0 Å². The van der Waals surface area contributed by atoms with Gasteiger partial charge in [-0.15, -0.1) is 0 Å². The minimum Gasteiger partial charge on any atom is -0.286 e. The lowest BCUT2D eigenvalue weighted by Gasteiger charge is -2.01. The van der Waals surface area contributed by atoms with Crippen LogP contribution in [-0.4, -0.2) is 18.7 Å². The summed E-state index contributed by atoms with van der Waals surface area (Å²) in [6, 6.07) is 7.61. The van der Waals surface area contributed by atoms with Crippen LogP contribution in [0.5, 0.6) is 0 Å². The van der Waals surface area contributed by atoms with Crippen molar-refractivity contribution >= 4 is 21.7 Å². The first-order valence-corrected chi connectivity index (χ1v) is 7.16. The largest absolute Gasteiger partial charge is 0.286 e. The summed E-state index contributed by atoms with van der Waals surface area (Å²) in [6.07, 6.45) is 3.12. The third kappa shape index (κ3) is 6.10. The van der Waals surface area contributed by atoms with Crippen molar-refractivity contribution < 1.29 is 13.0 Å². The Morgan fingerprint density at radius 2 is 1.69 bits per heavy atom. The number of hydrogen-bond acceptors (Lipinski definition) is 2. The molecule has 1 N–H and O–H groups in total. The average Bonchev–Trinajstić information content (AvgIpc) is 2.19. The Kier molecular flexibility index (Phi) is 5.25. The van der Waals surface area contributed by atoms with Crippen LogP contribution < -0.4 is 0 Å². The SMILES string of the molecule is O=S(=O)(O)CCCCCc1ccc(Cl)cc1. The van der Waals surface area contributed by atoms with Crippen LogP contribution in [0.2, 0.25) is 5.02 Å². The summed E-state index contributed by atoms with van der Waals surface area (Å²) in [6.45, 7) is 0. The highest BCUT2D eigenvalue weighted by atomic mass is 35.5. The standard InChI is InChI=1S/C11H15ClO3S/c12-11-7-5-10(6-8-11)4-2-1-3-9-16(13,14)15/h5-8H,1-4,9H2,(H,13,14,15). The third-order valence-electron chi connectivity index (χ3n) is 2.28. The molecule has 0 fully saturated rings. The highest BCUT2D eigenvalue weighted by molar-refractivity contribution is 7.85. The quantitative estimate of drug-likeness (QED) is 0.633. The van der Waals surface area contributed by atoms with E-state index in [4.69, 9.17) is 16.2 Å². The van der Waals surface area contributed by atoms with E-state index in [1.165, 1.54) is 5.56 Å². The Morgan fingerprint density at radius 1 is 1.06 bits per heavy atom. The van der Waals surface area contributed by atoms with Crippen molar-refractivity contribution in [2.45, 2.75) is 25.7 Å². The van der Waals surface area contributed by atoms with Crippen LogP contribution >= 0.6 is 11.6 Å². The van der Waals surface area contributed by atoms with Crippen molar-refractivity contribution in [2.24, 2.45) is 0 Å². The zero-order chi connectivity index (χ0) is 12.0. The molecule has 0 atom stereocenters. The number of hydrogen-bond donors (Lipinski definition) is 1. The van der Waals surface area contributed by atoms with Crippen LogP contribution in [0.25, 0.3) is 0 Å². The lowest BCUT2D eigenvalue weighted by Crippen LogP contribution is -2.03. The van der Waals surface area contributed by atoms with Crippen LogP contribution in [0, 0.1) is 0 Å². The van der Waals surface area contributed by atoms with E-state index in [9.17, 15) is 8.42 Å². The molecule has 0 heterocycles. The van der Waals surface area contributed by atoms with Gasteiger partial charge >= 0.3 is 0 Å². The minimum atomic E-state index is -3.79. The summed E-state index contributed by atoms with van der Waals surface area (Å²) in [5.41, 5.74) is 1.19. The number of halogens is 1. The molecular formula is C11H15ClO3S. The summed E-state index contributed by atoms with van der Waals surface area (Å²) < 4.78 is 29.4. The molecule has 0 saturated carbocycles. The summed E-state index contributed by atoms with van der Waals surface area (Å²) in [5.74, 6) is -0.145. The number of unbranched alkanes of at least 4 members (excludes halogenated alkanes) is 2. The molecule has 0 aromatic heterocycles. The molecule has 0 spiro atoms. The van der Waals surface area contributed by atoms with Crippen LogP contribution in [0.4, 0.5) is 0 Å². The molecule has 1 aromatic carbocycles. The number of aryl methyl sites for hydroxylation is 1. The Balaban J connectivity index is 2.19. The van der Waals surface area contributed by atoms with Crippen molar-refractivity contribution in [1.29, 1.82) is 0 Å². The van der Waals surface area contributed by atoms with E-state index < -0.39 is 10.1 Å². The molecule has 1 rings (SSSR count). The highest BCUT2D eigenvalue weighted by Crippen LogP contribution is 2.12. The van der Waals surface area contributed by atoms with Gasteiger partial charge < -0.3 is 0 Å². The Hall–Kier alpha value is -0.580. The highest BCUT2D eigenvalue weighted by Gasteiger charge is 2.03. The van der Waals surface area contributed by atoms with Crippen molar-refractivity contribution in [2.75, 3.05) is 5.75 Å². The summed E-state index contributed by atoms with van der Waals surface area (Å²) >= 11 is 5.75. The van der Waals surface area contributed by atoms with Crippen molar-refractivity contribution in [3.63, 3.8) is 0 Å². The summed E-state index contributed by atoms with van der Waals surface area (Å²) in [4.78, 5) is 0. The second-order valence-corrected chi connectivity index (χ2v) is 5.73. The first kappa shape index (κ1) is 13.5. The van der Waals surface area contributed by atoms with Gasteiger partial charge in [-0.2, -0.15) is 8.42 Å². The molecule has 0 aliphatic carbocycles. The smallest absolute Gasteiger partial charge is 0.264 e. The molecule has 0 unspecified atom stereocenters. The topological polar surface area (TPSA) is 54.4 Å². The summed E-state index contributed by atoms with van der Waals surface area (Å²) in [5, 5.41) is 0.718. The lowest BCUT2D eigenvalue weighted by atomic mass is 10.1. The van der Waals surface area contributed by atoms with Crippen molar-refractivity contribution in [3.05, 3.63) is 34.9 Å².